The van der Waals surface area contributed by atoms with Crippen molar-refractivity contribution < 1.29 is 24.0 Å². The fraction of sp³-hybridized carbons (Fsp3) is 0.415. The maximum atomic E-state index is 13.3. The van der Waals surface area contributed by atoms with Gasteiger partial charge in [-0.25, -0.2) is 0 Å². The van der Waals surface area contributed by atoms with Crippen molar-refractivity contribution in [2.75, 3.05) is 61.0 Å². The van der Waals surface area contributed by atoms with Crippen LogP contribution in [0.3, 0.4) is 0 Å². The number of hydrogen-bond donors (Lipinski definition) is 2. The number of carbonyl (C=O) groups is 5. The molecule has 13 nitrogen and oxygen atoms in total. The first-order valence-electron chi connectivity index (χ1n) is 19.0. The van der Waals surface area contributed by atoms with Crippen molar-refractivity contribution in [3.63, 3.8) is 0 Å². The van der Waals surface area contributed by atoms with Crippen LogP contribution in [0.25, 0.3) is 0 Å². The summed E-state index contributed by atoms with van der Waals surface area (Å²) >= 11 is 6.26. The summed E-state index contributed by atoms with van der Waals surface area (Å²) < 4.78 is 0. The van der Waals surface area contributed by atoms with Crippen molar-refractivity contribution in [2.24, 2.45) is 0 Å². The summed E-state index contributed by atoms with van der Waals surface area (Å²) in [6.45, 7) is 5.20. The number of anilines is 3. The summed E-state index contributed by atoms with van der Waals surface area (Å²) in [6, 6.07) is 20.7. The van der Waals surface area contributed by atoms with Crippen LogP contribution in [0, 0.1) is 11.3 Å². The second kappa shape index (κ2) is 15.0. The number of nitrogens with zero attached hydrogens (tertiary/aromatic N) is 6. The number of imide groups is 2. The van der Waals surface area contributed by atoms with Crippen LogP contribution in [0.2, 0.25) is 5.02 Å². The molecule has 5 amide bonds. The fourth-order valence-electron chi connectivity index (χ4n) is 8.62. The molecular weight excluding hydrogens is 720 g/mol. The molecular formula is C41H43ClN8O5. The van der Waals surface area contributed by atoms with Crippen molar-refractivity contribution >= 4 is 58.2 Å². The Kier molecular flexibility index (Phi) is 9.96. The van der Waals surface area contributed by atoms with E-state index in [1.54, 1.807) is 18.2 Å². The molecule has 1 unspecified atom stereocenters. The Balaban J connectivity index is 0.779. The summed E-state index contributed by atoms with van der Waals surface area (Å²) in [6.07, 6.45) is 3.91. The molecule has 0 spiro atoms. The Morgan fingerprint density at radius 1 is 0.836 bits per heavy atom. The number of hydrogen-bond acceptors (Lipinski definition) is 10. The highest BCUT2D eigenvalue weighted by atomic mass is 35.5. The lowest BCUT2D eigenvalue weighted by molar-refractivity contribution is -0.136. The SMILES string of the molecule is CN(c1ccc(C#N)c(Cl)c1)[C@H]1CC[C@H](NC(=O)c2ccc(N3CCN(C4CN(c5ccc6c(c5)C(=O)N(C5CCC(=O)NC5=O)C6=O)C4)CC3)cc2)CC1. The van der Waals surface area contributed by atoms with Gasteiger partial charge in [-0.3, -0.25) is 39.1 Å². The minimum Gasteiger partial charge on any atom is -0.372 e. The first-order valence-corrected chi connectivity index (χ1v) is 19.4. The Morgan fingerprint density at radius 3 is 2.20 bits per heavy atom. The van der Waals surface area contributed by atoms with E-state index < -0.39 is 29.7 Å². The van der Waals surface area contributed by atoms with Gasteiger partial charge in [-0.2, -0.15) is 5.26 Å². The minimum atomic E-state index is -0.975. The molecule has 0 bridgehead atoms. The highest BCUT2D eigenvalue weighted by molar-refractivity contribution is 6.32. The van der Waals surface area contributed by atoms with E-state index >= 15 is 0 Å². The van der Waals surface area contributed by atoms with Gasteiger partial charge in [0.2, 0.25) is 11.8 Å². The third kappa shape index (κ3) is 7.12. The quantitative estimate of drug-likeness (QED) is 0.325. The van der Waals surface area contributed by atoms with Gasteiger partial charge in [0.15, 0.2) is 0 Å². The zero-order chi connectivity index (χ0) is 38.4. The van der Waals surface area contributed by atoms with Crippen LogP contribution in [0.15, 0.2) is 60.7 Å². The van der Waals surface area contributed by atoms with E-state index in [2.05, 4.69) is 43.4 Å². The largest absolute Gasteiger partial charge is 0.372 e. The second-order valence-electron chi connectivity index (χ2n) is 15.2. The molecule has 284 valence electrons. The van der Waals surface area contributed by atoms with Gasteiger partial charge in [0.25, 0.3) is 17.7 Å². The topological polar surface area (TPSA) is 149 Å². The smallest absolute Gasteiger partial charge is 0.262 e. The normalized spacial score (nSPS) is 23.2. The Bertz CT molecular complexity index is 2080. The molecule has 1 atom stereocenters. The van der Waals surface area contributed by atoms with Gasteiger partial charge in [0, 0.05) is 93.5 Å². The number of rotatable bonds is 8. The summed E-state index contributed by atoms with van der Waals surface area (Å²) in [7, 11) is 2.05. The van der Waals surface area contributed by atoms with Crippen LogP contribution in [0.5, 0.6) is 0 Å². The van der Waals surface area contributed by atoms with E-state index in [9.17, 15) is 29.2 Å². The molecule has 55 heavy (non-hydrogen) atoms. The molecule has 4 aliphatic heterocycles. The Morgan fingerprint density at radius 2 is 1.53 bits per heavy atom. The average Bonchev–Trinajstić information content (AvgIpc) is 3.42. The summed E-state index contributed by atoms with van der Waals surface area (Å²) in [5, 5.41) is 15.1. The Hall–Kier alpha value is -5.45. The van der Waals surface area contributed by atoms with E-state index in [0.717, 1.165) is 86.9 Å². The highest BCUT2D eigenvalue weighted by Gasteiger charge is 2.45. The predicted molar refractivity (Wildman–Crippen MR) is 207 cm³/mol. The zero-order valence-electron chi connectivity index (χ0n) is 30.7. The van der Waals surface area contributed by atoms with Crippen LogP contribution >= 0.6 is 11.6 Å². The first kappa shape index (κ1) is 36.5. The molecule has 3 aromatic rings. The monoisotopic (exact) mass is 762 g/mol. The van der Waals surface area contributed by atoms with Gasteiger partial charge in [0.1, 0.15) is 12.1 Å². The lowest BCUT2D eigenvalue weighted by Gasteiger charge is -2.49. The first-order chi connectivity index (χ1) is 26.6. The molecule has 0 radical (unpaired) electrons. The van der Waals surface area contributed by atoms with Gasteiger partial charge in [-0.1, -0.05) is 11.6 Å². The number of nitrogens with one attached hydrogen (secondary N) is 2. The van der Waals surface area contributed by atoms with Crippen LogP contribution in [-0.2, 0) is 9.59 Å². The molecule has 3 saturated heterocycles. The number of fused-ring (bicyclic) bond motifs is 1. The molecule has 5 aliphatic rings. The highest BCUT2D eigenvalue weighted by Crippen LogP contribution is 2.34. The van der Waals surface area contributed by atoms with Gasteiger partial charge in [0.05, 0.1) is 21.7 Å². The number of carbonyl (C=O) groups excluding carboxylic acids is 5. The number of piperidine rings is 1. The predicted octanol–water partition coefficient (Wildman–Crippen LogP) is 3.80. The number of benzene rings is 3. The van der Waals surface area contributed by atoms with E-state index in [4.69, 9.17) is 11.6 Å². The van der Waals surface area contributed by atoms with Gasteiger partial charge in [-0.15, -0.1) is 0 Å². The lowest BCUT2D eigenvalue weighted by Crippen LogP contribution is -2.63. The summed E-state index contributed by atoms with van der Waals surface area (Å²) in [4.78, 5) is 73.8. The summed E-state index contributed by atoms with van der Waals surface area (Å²) in [5.74, 6) is -2.04. The standard InChI is InChI=1S/C41H43ClN8O5/c1-46(30-9-4-26(22-43)35(42)21-30)28-10-5-27(6-11-28)44-38(52)25-2-7-29(8-3-25)47-16-18-48(19-17-47)32-23-49(24-32)31-12-13-33-34(20-31)41(55)50(40(33)54)36-14-15-37(51)45-39(36)53/h2-4,7-9,12-13,20-21,27-28,32,36H,5-6,10-11,14-19,23-24H2,1H3,(H,44,52)(H,45,51,53)/t27-,28-,36?. The lowest BCUT2D eigenvalue weighted by atomic mass is 9.90. The Labute approximate surface area is 324 Å². The number of nitriles is 1. The number of amides is 5. The van der Waals surface area contributed by atoms with E-state index in [1.807, 2.05) is 42.5 Å². The van der Waals surface area contributed by atoms with Gasteiger partial charge in [-0.05, 0) is 92.8 Å². The van der Waals surface area contributed by atoms with Crippen LogP contribution in [0.4, 0.5) is 17.1 Å². The van der Waals surface area contributed by atoms with E-state index in [0.29, 0.717) is 33.8 Å². The van der Waals surface area contributed by atoms with Crippen LogP contribution in [0.1, 0.15) is 75.2 Å². The molecule has 4 heterocycles. The van der Waals surface area contributed by atoms with Crippen molar-refractivity contribution in [1.82, 2.24) is 20.4 Å². The molecule has 2 N–H and O–H groups in total. The van der Waals surface area contributed by atoms with Crippen LogP contribution in [-0.4, -0.2) is 110 Å². The average molecular weight is 763 g/mol. The third-order valence-corrected chi connectivity index (χ3v) is 12.3. The maximum Gasteiger partial charge on any atom is 0.262 e. The van der Waals surface area contributed by atoms with Crippen molar-refractivity contribution in [2.45, 2.75) is 62.7 Å². The van der Waals surface area contributed by atoms with E-state index in [-0.39, 0.29) is 30.4 Å². The molecule has 1 aliphatic carbocycles. The van der Waals surface area contributed by atoms with Crippen molar-refractivity contribution in [3.8, 4) is 6.07 Å². The van der Waals surface area contributed by atoms with Gasteiger partial charge >= 0.3 is 0 Å². The minimum absolute atomic E-state index is 0.0486. The fourth-order valence-corrected chi connectivity index (χ4v) is 8.84. The van der Waals surface area contributed by atoms with E-state index in [1.165, 1.54) is 0 Å². The van der Waals surface area contributed by atoms with Crippen molar-refractivity contribution in [1.29, 1.82) is 5.26 Å². The number of halogens is 1. The van der Waals surface area contributed by atoms with Crippen molar-refractivity contribution in [3.05, 3.63) is 87.9 Å². The molecule has 1 saturated carbocycles. The summed E-state index contributed by atoms with van der Waals surface area (Å²) in [5.41, 5.74) is 4.67. The molecule has 14 heteroatoms. The maximum absolute atomic E-state index is 13.3. The molecule has 0 aromatic heterocycles. The zero-order valence-corrected chi connectivity index (χ0v) is 31.4. The van der Waals surface area contributed by atoms with Crippen LogP contribution < -0.4 is 25.3 Å². The van der Waals surface area contributed by atoms with Gasteiger partial charge < -0.3 is 20.0 Å². The molecule has 8 rings (SSSR count). The number of piperazine rings is 1. The second-order valence-corrected chi connectivity index (χ2v) is 15.6. The molecule has 3 aromatic carbocycles. The molecule has 4 fully saturated rings. The third-order valence-electron chi connectivity index (χ3n) is 12.0.